The summed E-state index contributed by atoms with van der Waals surface area (Å²) in [7, 11) is 0. The average molecular weight is 337 g/mol. The summed E-state index contributed by atoms with van der Waals surface area (Å²) in [6.07, 6.45) is 3.30. The molecule has 3 aromatic rings. The van der Waals surface area contributed by atoms with Crippen molar-refractivity contribution in [2.24, 2.45) is 0 Å². The smallest absolute Gasteiger partial charge is 0.359 e. The fraction of sp³-hybridized carbons (Fsp3) is 0.111. The number of esters is 1. The molecule has 0 unspecified atom stereocenters. The predicted octanol–water partition coefficient (Wildman–Crippen LogP) is 2.33. The van der Waals surface area contributed by atoms with Crippen molar-refractivity contribution in [1.29, 1.82) is 0 Å². The average Bonchev–Trinajstić information content (AvgIpc) is 3.04. The standard InChI is InChI=1S/C18H15N3O4/c1-12(22)13-5-7-14(8-6-13)19-17(23)11-25-18(24)15-10-21-9-3-2-4-16(21)20-15/h2-10H,11H2,1H3,(H,19,23). The first-order valence-corrected chi connectivity index (χ1v) is 7.54. The van der Waals surface area contributed by atoms with Gasteiger partial charge in [0.2, 0.25) is 0 Å². The highest BCUT2D eigenvalue weighted by atomic mass is 16.5. The highest BCUT2D eigenvalue weighted by Gasteiger charge is 2.14. The molecule has 1 aromatic carbocycles. The molecule has 1 amide bonds. The Kier molecular flexibility index (Phi) is 4.56. The number of rotatable bonds is 5. The van der Waals surface area contributed by atoms with Crippen LogP contribution in [0.5, 0.6) is 0 Å². The molecule has 1 N–H and O–H groups in total. The molecule has 0 radical (unpaired) electrons. The Morgan fingerprint density at radius 1 is 1.12 bits per heavy atom. The molecule has 2 aromatic heterocycles. The number of ether oxygens (including phenoxy) is 1. The van der Waals surface area contributed by atoms with Crippen molar-refractivity contribution >= 4 is 29.0 Å². The fourth-order valence-corrected chi connectivity index (χ4v) is 2.22. The molecule has 0 aliphatic rings. The lowest BCUT2D eigenvalue weighted by atomic mass is 10.1. The van der Waals surface area contributed by atoms with Crippen LogP contribution in [0.1, 0.15) is 27.8 Å². The quantitative estimate of drug-likeness (QED) is 0.570. The fourth-order valence-electron chi connectivity index (χ4n) is 2.22. The number of nitrogens with zero attached hydrogens (tertiary/aromatic N) is 2. The Morgan fingerprint density at radius 3 is 2.56 bits per heavy atom. The highest BCUT2D eigenvalue weighted by molar-refractivity contribution is 5.97. The summed E-state index contributed by atoms with van der Waals surface area (Å²) in [5, 5.41) is 2.59. The van der Waals surface area contributed by atoms with Gasteiger partial charge in [-0.25, -0.2) is 9.78 Å². The highest BCUT2D eigenvalue weighted by Crippen LogP contribution is 2.10. The molecule has 0 saturated carbocycles. The van der Waals surface area contributed by atoms with E-state index in [9.17, 15) is 14.4 Å². The lowest BCUT2D eigenvalue weighted by Crippen LogP contribution is -2.21. The van der Waals surface area contributed by atoms with E-state index < -0.39 is 18.5 Å². The van der Waals surface area contributed by atoms with Crippen LogP contribution in [0.15, 0.2) is 54.9 Å². The second-order valence-corrected chi connectivity index (χ2v) is 5.35. The maximum atomic E-state index is 12.0. The minimum absolute atomic E-state index is 0.0562. The van der Waals surface area contributed by atoms with Gasteiger partial charge in [-0.3, -0.25) is 9.59 Å². The molecule has 0 aliphatic heterocycles. The van der Waals surface area contributed by atoms with Gasteiger partial charge in [0, 0.05) is 23.6 Å². The molecular formula is C18H15N3O4. The van der Waals surface area contributed by atoms with E-state index in [4.69, 9.17) is 4.74 Å². The van der Waals surface area contributed by atoms with E-state index in [-0.39, 0.29) is 11.5 Å². The molecule has 2 heterocycles. The van der Waals surface area contributed by atoms with Crippen molar-refractivity contribution in [1.82, 2.24) is 9.38 Å². The third-order valence-electron chi connectivity index (χ3n) is 3.48. The number of imidazole rings is 1. The van der Waals surface area contributed by atoms with Gasteiger partial charge in [0.25, 0.3) is 5.91 Å². The predicted molar refractivity (Wildman–Crippen MR) is 90.6 cm³/mol. The largest absolute Gasteiger partial charge is 0.451 e. The van der Waals surface area contributed by atoms with Crippen molar-refractivity contribution in [2.45, 2.75) is 6.92 Å². The number of carbonyl (C=O) groups is 3. The van der Waals surface area contributed by atoms with E-state index in [1.54, 1.807) is 40.9 Å². The number of ketones is 1. The van der Waals surface area contributed by atoms with Gasteiger partial charge < -0.3 is 14.5 Å². The van der Waals surface area contributed by atoms with Crippen LogP contribution in [0, 0.1) is 0 Å². The summed E-state index contributed by atoms with van der Waals surface area (Å²) in [6.45, 7) is 1.04. The molecular weight excluding hydrogens is 322 g/mol. The Labute approximate surface area is 143 Å². The molecule has 0 spiro atoms. The van der Waals surface area contributed by atoms with E-state index in [0.29, 0.717) is 16.9 Å². The molecule has 0 atom stereocenters. The molecule has 3 rings (SSSR count). The number of fused-ring (bicyclic) bond motifs is 1. The third kappa shape index (κ3) is 3.89. The number of pyridine rings is 1. The zero-order chi connectivity index (χ0) is 17.8. The van der Waals surface area contributed by atoms with E-state index in [1.165, 1.54) is 13.1 Å². The lowest BCUT2D eigenvalue weighted by molar-refractivity contribution is -0.119. The number of aromatic nitrogens is 2. The molecule has 25 heavy (non-hydrogen) atoms. The Balaban J connectivity index is 1.56. The number of anilines is 1. The van der Waals surface area contributed by atoms with Crippen LogP contribution in [-0.2, 0) is 9.53 Å². The molecule has 0 fully saturated rings. The summed E-state index contributed by atoms with van der Waals surface area (Å²) in [5.74, 6) is -1.21. The molecule has 0 bridgehead atoms. The first kappa shape index (κ1) is 16.4. The monoisotopic (exact) mass is 337 g/mol. The Morgan fingerprint density at radius 2 is 1.88 bits per heavy atom. The Hall–Kier alpha value is -3.48. The van der Waals surface area contributed by atoms with Crippen LogP contribution in [0.25, 0.3) is 5.65 Å². The van der Waals surface area contributed by atoms with Crippen LogP contribution in [0.2, 0.25) is 0 Å². The van der Waals surface area contributed by atoms with Crippen molar-refractivity contribution in [3.8, 4) is 0 Å². The van der Waals surface area contributed by atoms with E-state index >= 15 is 0 Å². The van der Waals surface area contributed by atoms with Crippen LogP contribution in [-0.4, -0.2) is 33.7 Å². The van der Waals surface area contributed by atoms with Crippen LogP contribution in [0.3, 0.4) is 0 Å². The number of hydrogen-bond donors (Lipinski definition) is 1. The van der Waals surface area contributed by atoms with Crippen LogP contribution < -0.4 is 5.32 Å². The summed E-state index contributed by atoms with van der Waals surface area (Å²) in [5.41, 5.74) is 1.81. The topological polar surface area (TPSA) is 89.8 Å². The van der Waals surface area contributed by atoms with Crippen molar-refractivity contribution < 1.29 is 19.1 Å². The maximum absolute atomic E-state index is 12.0. The van der Waals surface area contributed by atoms with E-state index in [2.05, 4.69) is 10.3 Å². The lowest BCUT2D eigenvalue weighted by Gasteiger charge is -2.06. The van der Waals surface area contributed by atoms with Gasteiger partial charge in [-0.2, -0.15) is 0 Å². The van der Waals surface area contributed by atoms with Crippen LogP contribution >= 0.6 is 0 Å². The number of amides is 1. The first-order valence-electron chi connectivity index (χ1n) is 7.54. The van der Waals surface area contributed by atoms with Gasteiger partial charge in [0.1, 0.15) is 5.65 Å². The summed E-state index contributed by atoms with van der Waals surface area (Å²) in [6, 6.07) is 11.8. The SMILES string of the molecule is CC(=O)c1ccc(NC(=O)COC(=O)c2cn3ccccc3n2)cc1. The Bertz CT molecular complexity index is 911. The normalized spacial score (nSPS) is 10.4. The van der Waals surface area contributed by atoms with Gasteiger partial charge >= 0.3 is 5.97 Å². The van der Waals surface area contributed by atoms with Crippen molar-refractivity contribution in [3.05, 3.63) is 66.1 Å². The number of hydrogen-bond acceptors (Lipinski definition) is 5. The summed E-state index contributed by atoms with van der Waals surface area (Å²) in [4.78, 5) is 39.2. The number of Topliss-reactive ketones (excluding diaryl/α,β-unsaturated/α-hetero) is 1. The second-order valence-electron chi connectivity index (χ2n) is 5.35. The molecule has 7 nitrogen and oxygen atoms in total. The van der Waals surface area contributed by atoms with Crippen molar-refractivity contribution in [2.75, 3.05) is 11.9 Å². The summed E-state index contributed by atoms with van der Waals surface area (Å²) < 4.78 is 6.66. The zero-order valence-corrected chi connectivity index (χ0v) is 13.4. The maximum Gasteiger partial charge on any atom is 0.359 e. The van der Waals surface area contributed by atoms with Gasteiger partial charge in [0.05, 0.1) is 0 Å². The number of nitrogens with one attached hydrogen (secondary N) is 1. The van der Waals surface area contributed by atoms with Gasteiger partial charge in [0.15, 0.2) is 18.1 Å². The van der Waals surface area contributed by atoms with Gasteiger partial charge in [-0.15, -0.1) is 0 Å². The van der Waals surface area contributed by atoms with Gasteiger partial charge in [-0.05, 0) is 43.3 Å². The second kappa shape index (κ2) is 6.96. The summed E-state index contributed by atoms with van der Waals surface area (Å²) >= 11 is 0. The minimum Gasteiger partial charge on any atom is -0.451 e. The van der Waals surface area contributed by atoms with E-state index in [1.807, 2.05) is 12.1 Å². The molecule has 7 heteroatoms. The van der Waals surface area contributed by atoms with E-state index in [0.717, 1.165) is 0 Å². The molecule has 126 valence electrons. The van der Waals surface area contributed by atoms with Crippen LogP contribution in [0.4, 0.5) is 5.69 Å². The molecule has 0 saturated heterocycles. The zero-order valence-electron chi connectivity index (χ0n) is 13.4. The van der Waals surface area contributed by atoms with Crippen molar-refractivity contribution in [3.63, 3.8) is 0 Å². The third-order valence-corrected chi connectivity index (χ3v) is 3.48. The molecule has 0 aliphatic carbocycles. The minimum atomic E-state index is -0.675. The first-order chi connectivity index (χ1) is 12.0. The number of benzene rings is 1. The number of carbonyl (C=O) groups excluding carboxylic acids is 3. The van der Waals surface area contributed by atoms with Gasteiger partial charge in [-0.1, -0.05) is 6.07 Å².